The highest BCUT2D eigenvalue weighted by atomic mass is 19.3. The first-order valence-corrected chi connectivity index (χ1v) is 9.53. The van der Waals surface area contributed by atoms with Crippen LogP contribution in [0.4, 0.5) is 24.5 Å². The van der Waals surface area contributed by atoms with Crippen LogP contribution in [-0.4, -0.2) is 42.4 Å². The third-order valence-corrected chi connectivity index (χ3v) is 4.79. The SMILES string of the molecule is O=C(c1cn[nH]c1)N(c1ccc(OC(F)F)cc1)c1ccc([C@H]2CNCCO2)c(F)c1. The zero-order chi connectivity index (χ0) is 21.8. The van der Waals surface area contributed by atoms with E-state index in [0.717, 1.165) is 0 Å². The van der Waals surface area contributed by atoms with E-state index in [9.17, 15) is 18.0 Å². The lowest BCUT2D eigenvalue weighted by atomic mass is 10.1. The fourth-order valence-electron chi connectivity index (χ4n) is 3.34. The maximum Gasteiger partial charge on any atom is 0.387 e. The Kier molecular flexibility index (Phi) is 6.19. The number of amides is 1. The molecular formula is C21H19F3N4O3. The number of carbonyl (C=O) groups excluding carboxylic acids is 1. The molecule has 1 fully saturated rings. The Morgan fingerprint density at radius 3 is 2.58 bits per heavy atom. The molecule has 10 heteroatoms. The lowest BCUT2D eigenvalue weighted by Crippen LogP contribution is -2.33. The van der Waals surface area contributed by atoms with Gasteiger partial charge in [-0.2, -0.15) is 13.9 Å². The molecule has 0 aliphatic carbocycles. The Bertz CT molecular complexity index is 1020. The van der Waals surface area contributed by atoms with Gasteiger partial charge in [-0.15, -0.1) is 0 Å². The minimum absolute atomic E-state index is 0.0575. The van der Waals surface area contributed by atoms with Gasteiger partial charge in [0, 0.05) is 30.5 Å². The minimum atomic E-state index is -2.97. The van der Waals surface area contributed by atoms with Crippen molar-refractivity contribution >= 4 is 17.3 Å². The van der Waals surface area contributed by atoms with Gasteiger partial charge in [-0.05, 0) is 36.4 Å². The van der Waals surface area contributed by atoms with Gasteiger partial charge < -0.3 is 14.8 Å². The van der Waals surface area contributed by atoms with E-state index in [4.69, 9.17) is 4.74 Å². The van der Waals surface area contributed by atoms with Crippen LogP contribution >= 0.6 is 0 Å². The third kappa shape index (κ3) is 4.70. The largest absolute Gasteiger partial charge is 0.435 e. The Hall–Kier alpha value is -3.37. The first-order valence-electron chi connectivity index (χ1n) is 9.53. The number of hydrogen-bond donors (Lipinski definition) is 2. The molecule has 3 aromatic rings. The first kappa shape index (κ1) is 20.9. The van der Waals surface area contributed by atoms with Crippen molar-refractivity contribution in [2.75, 3.05) is 24.6 Å². The molecular weight excluding hydrogens is 413 g/mol. The minimum Gasteiger partial charge on any atom is -0.435 e. The van der Waals surface area contributed by atoms with Gasteiger partial charge in [0.1, 0.15) is 11.6 Å². The molecule has 1 aromatic heterocycles. The van der Waals surface area contributed by atoms with Gasteiger partial charge in [0.25, 0.3) is 5.91 Å². The summed E-state index contributed by atoms with van der Waals surface area (Å²) in [5.41, 5.74) is 1.24. The van der Waals surface area contributed by atoms with Crippen LogP contribution in [0, 0.1) is 5.82 Å². The summed E-state index contributed by atoms with van der Waals surface area (Å²) in [7, 11) is 0. The molecule has 0 saturated carbocycles. The van der Waals surface area contributed by atoms with Crippen molar-refractivity contribution in [2.24, 2.45) is 0 Å². The van der Waals surface area contributed by atoms with Crippen LogP contribution < -0.4 is 15.0 Å². The number of hydrogen-bond acceptors (Lipinski definition) is 5. The molecule has 162 valence electrons. The standard InChI is InChI=1S/C21H19F3N4O3/c22-18-9-15(3-6-17(18)19-12-25-7-8-30-19)28(20(29)13-10-26-27-11-13)14-1-4-16(5-2-14)31-21(23)24/h1-6,9-11,19,21,25H,7-8,12H2,(H,26,27)/t19-/m1/s1. The molecule has 0 radical (unpaired) electrons. The van der Waals surface area contributed by atoms with Crippen LogP contribution in [0.25, 0.3) is 0 Å². The monoisotopic (exact) mass is 432 g/mol. The molecule has 7 nitrogen and oxygen atoms in total. The second-order valence-corrected chi connectivity index (χ2v) is 6.77. The number of ether oxygens (including phenoxy) is 2. The summed E-state index contributed by atoms with van der Waals surface area (Å²) in [4.78, 5) is 14.4. The highest BCUT2D eigenvalue weighted by molar-refractivity contribution is 6.10. The lowest BCUT2D eigenvalue weighted by Gasteiger charge is -2.26. The predicted octanol–water partition coefficient (Wildman–Crippen LogP) is 3.79. The maximum atomic E-state index is 15.0. The average Bonchev–Trinajstić information content (AvgIpc) is 3.30. The fourth-order valence-corrected chi connectivity index (χ4v) is 3.34. The van der Waals surface area contributed by atoms with Gasteiger partial charge in [-0.25, -0.2) is 4.39 Å². The summed E-state index contributed by atoms with van der Waals surface area (Å²) in [6.07, 6.45) is 2.33. The van der Waals surface area contributed by atoms with E-state index in [1.165, 1.54) is 47.6 Å². The predicted molar refractivity (Wildman–Crippen MR) is 106 cm³/mol. The molecule has 4 rings (SSSR count). The van der Waals surface area contributed by atoms with E-state index in [1.54, 1.807) is 12.1 Å². The lowest BCUT2D eigenvalue weighted by molar-refractivity contribution is -0.0498. The third-order valence-electron chi connectivity index (χ3n) is 4.79. The number of morpholine rings is 1. The highest BCUT2D eigenvalue weighted by Gasteiger charge is 2.24. The smallest absolute Gasteiger partial charge is 0.387 e. The van der Waals surface area contributed by atoms with E-state index in [1.807, 2.05) is 0 Å². The second-order valence-electron chi connectivity index (χ2n) is 6.77. The van der Waals surface area contributed by atoms with Crippen LogP contribution in [0.15, 0.2) is 54.9 Å². The summed E-state index contributed by atoms with van der Waals surface area (Å²) < 4.78 is 49.8. The van der Waals surface area contributed by atoms with Gasteiger partial charge in [-0.1, -0.05) is 6.07 Å². The van der Waals surface area contributed by atoms with E-state index >= 15 is 0 Å². The van der Waals surface area contributed by atoms with Gasteiger partial charge >= 0.3 is 6.61 Å². The first-order chi connectivity index (χ1) is 15.0. The quantitative estimate of drug-likeness (QED) is 0.620. The van der Waals surface area contributed by atoms with Crippen molar-refractivity contribution in [3.8, 4) is 5.75 Å². The molecule has 1 atom stereocenters. The number of alkyl halides is 2. The number of aromatic amines is 1. The second kappa shape index (κ2) is 9.19. The molecule has 0 spiro atoms. The molecule has 1 aliphatic rings. The van der Waals surface area contributed by atoms with Crippen molar-refractivity contribution < 1.29 is 27.4 Å². The fraction of sp³-hybridized carbons (Fsp3) is 0.238. The summed E-state index contributed by atoms with van der Waals surface area (Å²) in [6, 6.07) is 9.93. The number of anilines is 2. The molecule has 31 heavy (non-hydrogen) atoms. The van der Waals surface area contributed by atoms with E-state index < -0.39 is 24.4 Å². The van der Waals surface area contributed by atoms with E-state index in [-0.39, 0.29) is 17.0 Å². The summed E-state index contributed by atoms with van der Waals surface area (Å²) in [5.74, 6) is -1.05. The Morgan fingerprint density at radius 1 is 1.19 bits per heavy atom. The van der Waals surface area contributed by atoms with Gasteiger partial charge in [-0.3, -0.25) is 14.8 Å². The molecule has 0 bridgehead atoms. The zero-order valence-electron chi connectivity index (χ0n) is 16.2. The Labute approximate surface area is 175 Å². The Balaban J connectivity index is 1.69. The number of aromatic nitrogens is 2. The van der Waals surface area contributed by atoms with Crippen molar-refractivity contribution in [1.82, 2.24) is 15.5 Å². The van der Waals surface area contributed by atoms with E-state index in [2.05, 4.69) is 20.3 Å². The van der Waals surface area contributed by atoms with Crippen molar-refractivity contribution in [2.45, 2.75) is 12.7 Å². The summed E-state index contributed by atoms with van der Waals surface area (Å²) >= 11 is 0. The molecule has 2 N–H and O–H groups in total. The summed E-state index contributed by atoms with van der Waals surface area (Å²) in [6.45, 7) is -1.30. The number of rotatable bonds is 6. The van der Waals surface area contributed by atoms with Crippen molar-refractivity contribution in [1.29, 1.82) is 0 Å². The van der Waals surface area contributed by atoms with Crippen LogP contribution in [-0.2, 0) is 4.74 Å². The number of nitrogens with one attached hydrogen (secondary N) is 2. The molecule has 1 aliphatic heterocycles. The number of benzene rings is 2. The number of carbonyl (C=O) groups is 1. The van der Waals surface area contributed by atoms with Crippen molar-refractivity contribution in [3.63, 3.8) is 0 Å². The summed E-state index contributed by atoms with van der Waals surface area (Å²) in [5, 5.41) is 9.49. The maximum absolute atomic E-state index is 15.0. The number of halogens is 3. The van der Waals surface area contributed by atoms with Crippen LogP contribution in [0.5, 0.6) is 5.75 Å². The van der Waals surface area contributed by atoms with Gasteiger partial charge in [0.15, 0.2) is 0 Å². The van der Waals surface area contributed by atoms with Gasteiger partial charge in [0.2, 0.25) is 0 Å². The average molecular weight is 432 g/mol. The topological polar surface area (TPSA) is 79.5 Å². The number of nitrogens with zero attached hydrogens (tertiary/aromatic N) is 2. The van der Waals surface area contributed by atoms with Crippen LogP contribution in [0.3, 0.4) is 0 Å². The number of H-pyrrole nitrogens is 1. The highest BCUT2D eigenvalue weighted by Crippen LogP contribution is 2.32. The Morgan fingerprint density at radius 2 is 1.97 bits per heavy atom. The van der Waals surface area contributed by atoms with Crippen LogP contribution in [0.1, 0.15) is 22.0 Å². The molecule has 1 saturated heterocycles. The molecule has 2 aromatic carbocycles. The van der Waals surface area contributed by atoms with Crippen LogP contribution in [0.2, 0.25) is 0 Å². The van der Waals surface area contributed by atoms with E-state index in [0.29, 0.717) is 30.9 Å². The zero-order valence-corrected chi connectivity index (χ0v) is 16.2. The molecule has 1 amide bonds. The molecule has 2 heterocycles. The normalized spacial score (nSPS) is 16.3. The van der Waals surface area contributed by atoms with Gasteiger partial charge in [0.05, 0.1) is 30.2 Å². The van der Waals surface area contributed by atoms with Crippen molar-refractivity contribution in [3.05, 3.63) is 71.8 Å². The molecule has 0 unspecified atom stereocenters.